The molecule has 0 saturated heterocycles. The topological polar surface area (TPSA) is 12.0 Å². The molecule has 0 saturated carbocycles. The number of benzene rings is 1. The Hall–Kier alpha value is 0.250. The molecule has 0 radical (unpaired) electrons. The minimum atomic E-state index is -0.206. The summed E-state index contributed by atoms with van der Waals surface area (Å²) in [6, 6.07) is 7.08. The smallest absolute Gasteiger partial charge is 0.129 e. The van der Waals surface area contributed by atoms with E-state index in [1.807, 2.05) is 18.2 Å². The second-order valence-electron chi connectivity index (χ2n) is 4.33. The normalized spacial score (nSPS) is 12.7. The van der Waals surface area contributed by atoms with Crippen LogP contribution in [0, 0.1) is 5.82 Å². The van der Waals surface area contributed by atoms with E-state index in [4.69, 9.17) is 0 Å². The van der Waals surface area contributed by atoms with Gasteiger partial charge in [-0.05, 0) is 68.6 Å². The fourth-order valence-electron chi connectivity index (χ4n) is 1.96. The highest BCUT2D eigenvalue weighted by Crippen LogP contribution is 2.38. The molecule has 108 valence electrons. The average molecular weight is 486 g/mol. The van der Waals surface area contributed by atoms with Gasteiger partial charge in [0.2, 0.25) is 0 Å². The highest BCUT2D eigenvalue weighted by molar-refractivity contribution is 9.12. The van der Waals surface area contributed by atoms with E-state index in [1.165, 1.54) is 6.07 Å². The van der Waals surface area contributed by atoms with Crippen molar-refractivity contribution in [2.24, 2.45) is 0 Å². The molecule has 6 heteroatoms. The second kappa shape index (κ2) is 7.49. The molecular formula is C14H13Br3FNS. The quantitative estimate of drug-likeness (QED) is 0.526. The molecule has 0 spiro atoms. The van der Waals surface area contributed by atoms with Crippen LogP contribution in [0.3, 0.4) is 0 Å². The Morgan fingerprint density at radius 3 is 2.50 bits per heavy atom. The van der Waals surface area contributed by atoms with Crippen molar-refractivity contribution in [3.05, 3.63) is 53.3 Å². The predicted octanol–water partition coefficient (Wildman–Crippen LogP) is 6.26. The van der Waals surface area contributed by atoms with Gasteiger partial charge in [-0.15, -0.1) is 11.3 Å². The van der Waals surface area contributed by atoms with Crippen LogP contribution in [-0.2, 0) is 0 Å². The Bertz CT molecular complexity index is 600. The zero-order valence-corrected chi connectivity index (χ0v) is 16.3. The minimum Gasteiger partial charge on any atom is -0.306 e. The van der Waals surface area contributed by atoms with E-state index < -0.39 is 0 Å². The Labute approximate surface area is 147 Å². The third-order valence-corrected chi connectivity index (χ3v) is 5.75. The van der Waals surface area contributed by atoms with Gasteiger partial charge in [-0.1, -0.05) is 28.9 Å². The molecule has 0 aliphatic heterocycles. The van der Waals surface area contributed by atoms with Crippen LogP contribution in [0.1, 0.15) is 30.5 Å². The van der Waals surface area contributed by atoms with Gasteiger partial charge < -0.3 is 5.32 Å². The molecule has 20 heavy (non-hydrogen) atoms. The lowest BCUT2D eigenvalue weighted by atomic mass is 10.0. The molecule has 1 nitrogen and oxygen atoms in total. The second-order valence-corrected chi connectivity index (χ2v) is 9.00. The number of hydrogen-bond donors (Lipinski definition) is 1. The van der Waals surface area contributed by atoms with Crippen LogP contribution in [0.15, 0.2) is 36.3 Å². The first kappa shape index (κ1) is 16.6. The van der Waals surface area contributed by atoms with Gasteiger partial charge in [0, 0.05) is 10.0 Å². The molecule has 1 heterocycles. The van der Waals surface area contributed by atoms with E-state index in [1.54, 1.807) is 11.3 Å². The first-order valence-corrected chi connectivity index (χ1v) is 9.35. The summed E-state index contributed by atoms with van der Waals surface area (Å²) in [5.41, 5.74) is 1.71. The molecular weight excluding hydrogens is 473 g/mol. The molecule has 0 aliphatic carbocycles. The SMILES string of the molecule is CCCNC(c1ccc(Br)cc1F)c1cc(Br)sc1Br. The third kappa shape index (κ3) is 3.91. The van der Waals surface area contributed by atoms with E-state index in [-0.39, 0.29) is 11.9 Å². The maximum atomic E-state index is 14.3. The lowest BCUT2D eigenvalue weighted by Gasteiger charge is -2.19. The van der Waals surface area contributed by atoms with Crippen molar-refractivity contribution >= 4 is 59.1 Å². The van der Waals surface area contributed by atoms with Gasteiger partial charge in [0.25, 0.3) is 0 Å². The van der Waals surface area contributed by atoms with Gasteiger partial charge in [-0.2, -0.15) is 0 Å². The molecule has 2 rings (SSSR count). The minimum absolute atomic E-state index is 0.153. The summed E-state index contributed by atoms with van der Waals surface area (Å²) in [6.07, 6.45) is 0.998. The van der Waals surface area contributed by atoms with Crippen LogP contribution in [0.2, 0.25) is 0 Å². The van der Waals surface area contributed by atoms with E-state index in [0.717, 1.165) is 30.6 Å². The van der Waals surface area contributed by atoms with E-state index in [2.05, 4.69) is 60.0 Å². The molecule has 0 fully saturated rings. The monoisotopic (exact) mass is 483 g/mol. The molecule has 0 aliphatic rings. The highest BCUT2D eigenvalue weighted by Gasteiger charge is 2.21. The maximum Gasteiger partial charge on any atom is 0.129 e. The molecule has 2 aromatic rings. The number of hydrogen-bond acceptors (Lipinski definition) is 2. The summed E-state index contributed by atoms with van der Waals surface area (Å²) in [4.78, 5) is 0. The zero-order valence-electron chi connectivity index (χ0n) is 10.7. The molecule has 0 amide bonds. The number of nitrogens with one attached hydrogen (secondary N) is 1. The molecule has 1 aromatic heterocycles. The summed E-state index contributed by atoms with van der Waals surface area (Å²) in [6.45, 7) is 2.93. The van der Waals surface area contributed by atoms with Crippen molar-refractivity contribution in [1.82, 2.24) is 5.32 Å². The molecule has 0 bridgehead atoms. The van der Waals surface area contributed by atoms with Gasteiger partial charge in [-0.3, -0.25) is 0 Å². The first-order valence-electron chi connectivity index (χ1n) is 6.16. The van der Waals surface area contributed by atoms with Crippen LogP contribution >= 0.6 is 59.1 Å². The molecule has 1 N–H and O–H groups in total. The van der Waals surface area contributed by atoms with Crippen LogP contribution < -0.4 is 5.32 Å². The van der Waals surface area contributed by atoms with Gasteiger partial charge in [0.1, 0.15) is 5.82 Å². The Morgan fingerprint density at radius 1 is 1.20 bits per heavy atom. The van der Waals surface area contributed by atoms with Gasteiger partial charge in [0.15, 0.2) is 0 Å². The summed E-state index contributed by atoms with van der Waals surface area (Å²) < 4.78 is 17.0. The maximum absolute atomic E-state index is 14.3. The van der Waals surface area contributed by atoms with Gasteiger partial charge in [0.05, 0.1) is 13.6 Å². The van der Waals surface area contributed by atoms with Crippen LogP contribution in [0.25, 0.3) is 0 Å². The summed E-state index contributed by atoms with van der Waals surface area (Å²) >= 11 is 11.9. The fraction of sp³-hybridized carbons (Fsp3) is 0.286. The number of halogens is 4. The van der Waals surface area contributed by atoms with Gasteiger partial charge >= 0.3 is 0 Å². The lowest BCUT2D eigenvalue weighted by Crippen LogP contribution is -2.24. The Kier molecular flexibility index (Phi) is 6.23. The van der Waals surface area contributed by atoms with Crippen molar-refractivity contribution in [1.29, 1.82) is 0 Å². The van der Waals surface area contributed by atoms with Crippen LogP contribution in [0.4, 0.5) is 4.39 Å². The Balaban J connectivity index is 2.44. The molecule has 1 aromatic carbocycles. The van der Waals surface area contributed by atoms with Crippen molar-refractivity contribution in [2.75, 3.05) is 6.54 Å². The van der Waals surface area contributed by atoms with E-state index in [9.17, 15) is 4.39 Å². The predicted molar refractivity (Wildman–Crippen MR) is 94.0 cm³/mol. The number of rotatable bonds is 5. The third-order valence-electron chi connectivity index (χ3n) is 2.87. The van der Waals surface area contributed by atoms with Crippen molar-refractivity contribution in [3.63, 3.8) is 0 Å². The van der Waals surface area contributed by atoms with E-state index >= 15 is 0 Å². The first-order chi connectivity index (χ1) is 9.52. The lowest BCUT2D eigenvalue weighted by molar-refractivity contribution is 0.546. The highest BCUT2D eigenvalue weighted by atomic mass is 79.9. The summed E-state index contributed by atoms with van der Waals surface area (Å²) in [7, 11) is 0. The van der Waals surface area contributed by atoms with Crippen molar-refractivity contribution in [2.45, 2.75) is 19.4 Å². The van der Waals surface area contributed by atoms with E-state index in [0.29, 0.717) is 5.56 Å². The standard InChI is InChI=1S/C14H13Br3FNS/c1-2-5-19-13(10-7-12(16)20-14(10)17)9-4-3-8(15)6-11(9)18/h3-4,6-7,13,19H,2,5H2,1H3. The van der Waals surface area contributed by atoms with Crippen molar-refractivity contribution in [3.8, 4) is 0 Å². The van der Waals surface area contributed by atoms with Crippen LogP contribution in [-0.4, -0.2) is 6.54 Å². The summed E-state index contributed by atoms with van der Waals surface area (Å²) in [5.74, 6) is -0.206. The fourth-order valence-corrected chi connectivity index (χ4v) is 5.20. The summed E-state index contributed by atoms with van der Waals surface area (Å²) in [5, 5.41) is 3.42. The van der Waals surface area contributed by atoms with Gasteiger partial charge in [-0.25, -0.2) is 4.39 Å². The largest absolute Gasteiger partial charge is 0.306 e. The number of thiophene rings is 1. The van der Waals surface area contributed by atoms with Crippen molar-refractivity contribution < 1.29 is 4.39 Å². The molecule has 1 unspecified atom stereocenters. The zero-order chi connectivity index (χ0) is 14.7. The Morgan fingerprint density at radius 2 is 1.95 bits per heavy atom. The van der Waals surface area contributed by atoms with Crippen LogP contribution in [0.5, 0.6) is 0 Å². The average Bonchev–Trinajstić information content (AvgIpc) is 2.71. The molecule has 1 atom stereocenters.